The first-order chi connectivity index (χ1) is 6.86. The molecule has 74 valence electrons. The van der Waals surface area contributed by atoms with Gasteiger partial charge in [-0.15, -0.1) is 0 Å². The topological polar surface area (TPSA) is 0 Å². The summed E-state index contributed by atoms with van der Waals surface area (Å²) >= 11 is 1.98. The maximum Gasteiger partial charge on any atom is -0.00332 e. The van der Waals surface area contributed by atoms with Crippen molar-refractivity contribution >= 4 is 22.6 Å². The van der Waals surface area contributed by atoms with Crippen LogP contribution in [0.5, 0.6) is 0 Å². The van der Waals surface area contributed by atoms with Gasteiger partial charge in [0.2, 0.25) is 0 Å². The van der Waals surface area contributed by atoms with E-state index in [0.29, 0.717) is 0 Å². The Kier molecular flexibility index (Phi) is 7.05. The molecule has 0 spiro atoms. The quantitative estimate of drug-likeness (QED) is 0.500. The third kappa shape index (κ3) is 4.88. The number of alkyl halides is 1. The summed E-state index contributed by atoms with van der Waals surface area (Å²) in [5.74, 6) is 0. The van der Waals surface area contributed by atoms with Crippen LogP contribution < -0.4 is 0 Å². The fourth-order valence-corrected chi connectivity index (χ4v) is 4.26. The zero-order valence-corrected chi connectivity index (χ0v) is 13.1. The first kappa shape index (κ1) is 12.6. The molecular weight excluding hydrogens is 362 g/mol. The van der Waals surface area contributed by atoms with E-state index >= 15 is 0 Å². The van der Waals surface area contributed by atoms with E-state index in [1.165, 1.54) is 17.3 Å². The first-order valence-corrected chi connectivity index (χ1v) is 8.89. The predicted molar refractivity (Wildman–Crippen MR) is 68.2 cm³/mol. The summed E-state index contributed by atoms with van der Waals surface area (Å²) in [6, 6.07) is 0. The molecule has 0 aromatic carbocycles. The second kappa shape index (κ2) is 7.81. The molecule has 2 aliphatic carbocycles. The van der Waals surface area contributed by atoms with Crippen LogP contribution in [-0.2, 0) is 23.2 Å². The Morgan fingerprint density at radius 3 is 1.86 bits per heavy atom. The maximum absolute atomic E-state index is 2.31. The van der Waals surface area contributed by atoms with Gasteiger partial charge in [-0.3, -0.25) is 0 Å². The molecule has 0 nitrogen and oxygen atoms in total. The van der Waals surface area contributed by atoms with Crippen LogP contribution in [0.1, 0.15) is 19.8 Å². The van der Waals surface area contributed by atoms with Crippen LogP contribution in [0.2, 0.25) is 0 Å². The van der Waals surface area contributed by atoms with Crippen molar-refractivity contribution in [2.24, 2.45) is 0 Å². The molecule has 0 aliphatic heterocycles. The van der Waals surface area contributed by atoms with E-state index in [9.17, 15) is 0 Å². The van der Waals surface area contributed by atoms with Gasteiger partial charge in [-0.1, -0.05) is 29.5 Å². The van der Waals surface area contributed by atoms with Gasteiger partial charge in [0.15, 0.2) is 0 Å². The average molecular weight is 377 g/mol. The van der Waals surface area contributed by atoms with Crippen molar-refractivity contribution in [2.75, 3.05) is 4.43 Å². The third-order valence-electron chi connectivity index (χ3n) is 1.86. The van der Waals surface area contributed by atoms with Crippen LogP contribution in [0, 0.1) is 0 Å². The first-order valence-electron chi connectivity index (χ1n) is 4.91. The Bertz CT molecular complexity index is 257. The normalized spacial score (nSPS) is 17.3. The Labute approximate surface area is 112 Å². The van der Waals surface area contributed by atoms with Crippen LogP contribution in [-0.4, -0.2) is 4.43 Å². The monoisotopic (exact) mass is 376 g/mol. The minimum absolute atomic E-state index is 0.312. The Morgan fingerprint density at radius 2 is 1.57 bits per heavy atom. The fraction of sp³-hybridized carbons (Fsp3) is 0.333. The van der Waals surface area contributed by atoms with Crippen molar-refractivity contribution in [1.82, 2.24) is 0 Å². The average Bonchev–Trinajstić information content (AvgIpc) is 2.79. The third-order valence-corrected chi connectivity index (χ3v) is 5.27. The molecule has 0 aromatic heterocycles. The van der Waals surface area contributed by atoms with Crippen molar-refractivity contribution in [3.8, 4) is 0 Å². The molecule has 0 N–H and O–H groups in total. The summed E-state index contributed by atoms with van der Waals surface area (Å²) in [5.41, 5.74) is 0. The zero-order valence-electron chi connectivity index (χ0n) is 8.46. The van der Waals surface area contributed by atoms with E-state index in [4.69, 9.17) is 0 Å². The second-order valence-electron chi connectivity index (χ2n) is 3.04. The van der Waals surface area contributed by atoms with E-state index < -0.39 is 0 Å². The fourth-order valence-electron chi connectivity index (χ4n) is 1.29. The van der Waals surface area contributed by atoms with E-state index in [1.54, 1.807) is 6.56 Å². The molecule has 0 amide bonds. The summed E-state index contributed by atoms with van der Waals surface area (Å²) in [5, 5.41) is 0. The number of halogens is 1. The van der Waals surface area contributed by atoms with Gasteiger partial charge in [0.25, 0.3) is 0 Å². The van der Waals surface area contributed by atoms with E-state index in [2.05, 4.69) is 66.0 Å². The van der Waals surface area contributed by atoms with Crippen LogP contribution in [0.3, 0.4) is 0 Å². The van der Waals surface area contributed by atoms with Gasteiger partial charge in [-0.2, -0.15) is 0 Å². The molecule has 0 atom stereocenters. The predicted octanol–water partition coefficient (Wildman–Crippen LogP) is 4.20. The van der Waals surface area contributed by atoms with Gasteiger partial charge >= 0.3 is 79.1 Å². The Hall–Kier alpha value is 0.573. The molecule has 0 fully saturated rings. The van der Waals surface area contributed by atoms with Gasteiger partial charge in [0.05, 0.1) is 0 Å². The second-order valence-corrected chi connectivity index (χ2v) is 8.34. The summed E-state index contributed by atoms with van der Waals surface area (Å²) in [6.45, 7) is 2.11. The zero-order chi connectivity index (χ0) is 10.2. The van der Waals surface area contributed by atoms with Gasteiger partial charge in [-0.25, -0.2) is 0 Å². The Morgan fingerprint density at radius 1 is 1.14 bits per heavy atom. The molecule has 2 rings (SSSR count). The SMILES string of the molecule is C1=CC[C]([Zr][C]2=CC=CC2)=C1.CCI. The van der Waals surface area contributed by atoms with Crippen LogP contribution >= 0.6 is 22.6 Å². The summed E-state index contributed by atoms with van der Waals surface area (Å²) in [4.78, 5) is 0. The van der Waals surface area contributed by atoms with Crippen LogP contribution in [0.15, 0.2) is 43.0 Å². The van der Waals surface area contributed by atoms with Crippen molar-refractivity contribution in [3.05, 3.63) is 43.0 Å². The van der Waals surface area contributed by atoms with Gasteiger partial charge in [-0.05, 0) is 4.43 Å². The molecule has 0 aromatic rings. The van der Waals surface area contributed by atoms with E-state index in [0.717, 1.165) is 0 Å². The standard InChI is InChI=1S/2C5H5.C2H5I.Zr/c2*1-2-4-5-3-1;1-2-3;/h2*1-3H,4H2;2H2,1H3;. The molecule has 0 heterocycles. The molecule has 2 heteroatoms. The molecule has 0 saturated heterocycles. The smallest absolute Gasteiger partial charge is 0.00332 e. The molecule has 0 bridgehead atoms. The van der Waals surface area contributed by atoms with Crippen molar-refractivity contribution < 1.29 is 23.2 Å². The molecular formula is C12H15IZr. The summed E-state index contributed by atoms with van der Waals surface area (Å²) < 4.78 is 4.67. The molecule has 0 radical (unpaired) electrons. The van der Waals surface area contributed by atoms with Crippen molar-refractivity contribution in [3.63, 3.8) is 0 Å². The number of rotatable bonds is 2. The summed E-state index contributed by atoms with van der Waals surface area (Å²) in [7, 11) is 0. The Balaban J connectivity index is 0.000000293. The minimum Gasteiger partial charge on any atom is -0.0867 e. The minimum atomic E-state index is -0.312. The number of allylic oxidation sites excluding steroid dienone is 8. The number of hydrogen-bond acceptors (Lipinski definition) is 0. The molecule has 0 saturated carbocycles. The van der Waals surface area contributed by atoms with Gasteiger partial charge in [0, 0.05) is 0 Å². The van der Waals surface area contributed by atoms with Crippen molar-refractivity contribution in [1.29, 1.82) is 0 Å². The van der Waals surface area contributed by atoms with E-state index in [1.807, 2.05) is 0 Å². The van der Waals surface area contributed by atoms with Crippen LogP contribution in [0.25, 0.3) is 0 Å². The molecule has 0 unspecified atom stereocenters. The van der Waals surface area contributed by atoms with Gasteiger partial charge < -0.3 is 0 Å². The van der Waals surface area contributed by atoms with Crippen LogP contribution in [0.4, 0.5) is 0 Å². The molecule has 2 aliphatic rings. The van der Waals surface area contributed by atoms with Crippen molar-refractivity contribution in [2.45, 2.75) is 19.8 Å². The van der Waals surface area contributed by atoms with E-state index in [-0.39, 0.29) is 23.2 Å². The number of hydrogen-bond donors (Lipinski definition) is 0. The summed E-state index contributed by atoms with van der Waals surface area (Å²) in [6.07, 6.45) is 16.0. The molecule has 14 heavy (non-hydrogen) atoms. The maximum atomic E-state index is 2.31. The largest absolute Gasteiger partial charge is 0.0867 e. The van der Waals surface area contributed by atoms with Gasteiger partial charge in [0.1, 0.15) is 0 Å².